The van der Waals surface area contributed by atoms with Gasteiger partial charge in [-0.2, -0.15) is 0 Å². The molecule has 0 fully saturated rings. The lowest BCUT2D eigenvalue weighted by atomic mass is 10.2. The predicted octanol–water partition coefficient (Wildman–Crippen LogP) is 2.63. The molecule has 0 aliphatic rings. The highest BCUT2D eigenvalue weighted by Crippen LogP contribution is 2.31. The Morgan fingerprint density at radius 1 is 1.35 bits per heavy atom. The van der Waals surface area contributed by atoms with Crippen molar-refractivity contribution in [2.45, 2.75) is 0 Å². The molecule has 0 spiro atoms. The number of nitrogens with zero attached hydrogens (tertiary/aromatic N) is 1. The third-order valence-electron chi connectivity index (χ3n) is 2.02. The Morgan fingerprint density at radius 2 is 2.00 bits per heavy atom. The van der Waals surface area contributed by atoms with Crippen LogP contribution >= 0.6 is 11.6 Å². The summed E-state index contributed by atoms with van der Waals surface area (Å²) in [6, 6.07) is 1.23. The number of fused-ring (bicyclic) bond motifs is 1. The van der Waals surface area contributed by atoms with Crippen molar-refractivity contribution < 1.29 is 18.1 Å². The van der Waals surface area contributed by atoms with Crippen LogP contribution in [0.15, 0.2) is 21.3 Å². The molecular formula is C9H2ClF2NO4. The van der Waals surface area contributed by atoms with E-state index in [4.69, 9.17) is 11.6 Å². The van der Waals surface area contributed by atoms with E-state index in [9.17, 15) is 23.7 Å². The third kappa shape index (κ3) is 1.74. The average molecular weight is 262 g/mol. The van der Waals surface area contributed by atoms with E-state index in [2.05, 4.69) is 4.42 Å². The summed E-state index contributed by atoms with van der Waals surface area (Å²) in [5, 5.41) is 9.51. The summed E-state index contributed by atoms with van der Waals surface area (Å²) >= 11 is 5.55. The van der Waals surface area contributed by atoms with Crippen LogP contribution in [0.5, 0.6) is 0 Å². The van der Waals surface area contributed by atoms with Gasteiger partial charge in [0.2, 0.25) is 0 Å². The van der Waals surface area contributed by atoms with Crippen LogP contribution in [0, 0.1) is 21.7 Å². The molecule has 0 radical (unpaired) electrons. The van der Waals surface area contributed by atoms with Crippen LogP contribution in [-0.4, -0.2) is 4.92 Å². The van der Waals surface area contributed by atoms with Gasteiger partial charge in [-0.05, 0) is 6.07 Å². The van der Waals surface area contributed by atoms with Crippen molar-refractivity contribution in [2.24, 2.45) is 0 Å². The first-order valence-electron chi connectivity index (χ1n) is 4.17. The van der Waals surface area contributed by atoms with Crippen LogP contribution in [0.25, 0.3) is 11.0 Å². The molecule has 1 aromatic heterocycles. The number of halogens is 3. The van der Waals surface area contributed by atoms with Crippen LogP contribution in [0.3, 0.4) is 0 Å². The van der Waals surface area contributed by atoms with Gasteiger partial charge in [0.15, 0.2) is 11.4 Å². The van der Waals surface area contributed by atoms with Gasteiger partial charge in [0.05, 0.1) is 4.92 Å². The minimum Gasteiger partial charge on any atom is -0.414 e. The maximum absolute atomic E-state index is 13.2. The Hall–Kier alpha value is -2.02. The summed E-state index contributed by atoms with van der Waals surface area (Å²) in [5.74, 6) is -2.14. The molecule has 17 heavy (non-hydrogen) atoms. The lowest BCUT2D eigenvalue weighted by Gasteiger charge is -2.01. The zero-order valence-corrected chi connectivity index (χ0v) is 8.62. The standard InChI is InChI=1S/C9H2ClF2NO4/c10-6-4-1-3(11)2-5(12)8(4)17-9(14)7(6)13(15)16/h1-2H. The molecule has 0 aliphatic carbocycles. The van der Waals surface area contributed by atoms with Crippen molar-refractivity contribution in [3.05, 3.63) is 49.3 Å². The highest BCUT2D eigenvalue weighted by Gasteiger charge is 2.25. The van der Waals surface area contributed by atoms with Gasteiger partial charge >= 0.3 is 11.3 Å². The first kappa shape index (κ1) is 11.5. The van der Waals surface area contributed by atoms with E-state index in [0.717, 1.165) is 6.07 Å². The Kier molecular flexibility index (Phi) is 2.55. The Bertz CT molecular complexity index is 697. The average Bonchev–Trinajstić information content (AvgIpc) is 2.19. The van der Waals surface area contributed by atoms with Gasteiger partial charge in [-0.1, -0.05) is 11.6 Å². The number of nitro groups is 1. The van der Waals surface area contributed by atoms with Crippen molar-refractivity contribution in [3.63, 3.8) is 0 Å². The predicted molar refractivity (Wildman–Crippen MR) is 54.1 cm³/mol. The van der Waals surface area contributed by atoms with E-state index >= 15 is 0 Å². The van der Waals surface area contributed by atoms with E-state index in [1.54, 1.807) is 0 Å². The summed E-state index contributed by atoms with van der Waals surface area (Å²) in [5.41, 5.74) is -3.06. The fraction of sp³-hybridized carbons (Fsp3) is 0. The molecule has 2 rings (SSSR count). The summed E-state index contributed by atoms with van der Waals surface area (Å²) in [4.78, 5) is 20.6. The monoisotopic (exact) mass is 261 g/mol. The third-order valence-corrected chi connectivity index (χ3v) is 2.41. The largest absolute Gasteiger partial charge is 0.417 e. The molecule has 0 amide bonds. The highest BCUT2D eigenvalue weighted by molar-refractivity contribution is 6.37. The molecule has 0 N–H and O–H groups in total. The van der Waals surface area contributed by atoms with Gasteiger partial charge in [0, 0.05) is 11.5 Å². The number of hydrogen-bond acceptors (Lipinski definition) is 4. The SMILES string of the molecule is O=c1oc2c(F)cc(F)cc2c(Cl)c1[N+](=O)[O-]. The van der Waals surface area contributed by atoms with Gasteiger partial charge < -0.3 is 4.42 Å². The molecule has 88 valence electrons. The minimum atomic E-state index is -1.39. The summed E-state index contributed by atoms with van der Waals surface area (Å²) < 4.78 is 30.6. The van der Waals surface area contributed by atoms with E-state index in [1.165, 1.54) is 0 Å². The molecule has 1 aromatic carbocycles. The molecule has 0 saturated heterocycles. The van der Waals surface area contributed by atoms with Gasteiger partial charge in [0.25, 0.3) is 0 Å². The molecular weight excluding hydrogens is 260 g/mol. The van der Waals surface area contributed by atoms with Crippen LogP contribution in [0.4, 0.5) is 14.5 Å². The van der Waals surface area contributed by atoms with Gasteiger partial charge in [0.1, 0.15) is 10.8 Å². The zero-order chi connectivity index (χ0) is 12.7. The maximum Gasteiger partial charge on any atom is 0.417 e. The van der Waals surface area contributed by atoms with Crippen LogP contribution < -0.4 is 5.63 Å². The lowest BCUT2D eigenvalue weighted by molar-refractivity contribution is -0.387. The first-order chi connectivity index (χ1) is 7.91. The van der Waals surface area contributed by atoms with E-state index in [0.29, 0.717) is 6.07 Å². The fourth-order valence-corrected chi connectivity index (χ4v) is 1.63. The minimum absolute atomic E-state index is 0.365. The van der Waals surface area contributed by atoms with Crippen molar-refractivity contribution in [3.8, 4) is 0 Å². The number of benzene rings is 1. The van der Waals surface area contributed by atoms with E-state index in [-0.39, 0.29) is 5.39 Å². The van der Waals surface area contributed by atoms with Crippen molar-refractivity contribution in [1.29, 1.82) is 0 Å². The Balaban J connectivity index is 3.02. The maximum atomic E-state index is 13.2. The summed E-state index contributed by atoms with van der Waals surface area (Å²) in [6.07, 6.45) is 0. The van der Waals surface area contributed by atoms with Crippen molar-refractivity contribution in [1.82, 2.24) is 0 Å². The highest BCUT2D eigenvalue weighted by atomic mass is 35.5. The molecule has 0 saturated carbocycles. The van der Waals surface area contributed by atoms with Gasteiger partial charge in [-0.15, -0.1) is 0 Å². The van der Waals surface area contributed by atoms with Crippen molar-refractivity contribution >= 4 is 28.3 Å². The van der Waals surface area contributed by atoms with Crippen LogP contribution in [0.1, 0.15) is 0 Å². The second-order valence-electron chi connectivity index (χ2n) is 3.07. The molecule has 2 aromatic rings. The van der Waals surface area contributed by atoms with Crippen LogP contribution in [0.2, 0.25) is 5.02 Å². The van der Waals surface area contributed by atoms with Gasteiger partial charge in [-0.25, -0.2) is 13.6 Å². The normalized spacial score (nSPS) is 10.8. The molecule has 1 heterocycles. The topological polar surface area (TPSA) is 73.3 Å². The Labute approximate surface area is 96.4 Å². The lowest BCUT2D eigenvalue weighted by Crippen LogP contribution is -2.08. The molecule has 5 nitrogen and oxygen atoms in total. The molecule has 0 unspecified atom stereocenters. The van der Waals surface area contributed by atoms with Crippen LogP contribution in [-0.2, 0) is 0 Å². The van der Waals surface area contributed by atoms with Gasteiger partial charge in [-0.3, -0.25) is 10.1 Å². The molecule has 0 bridgehead atoms. The zero-order valence-electron chi connectivity index (χ0n) is 7.87. The molecule has 0 aliphatic heterocycles. The second kappa shape index (κ2) is 3.77. The second-order valence-corrected chi connectivity index (χ2v) is 3.45. The quantitative estimate of drug-likeness (QED) is 0.449. The van der Waals surface area contributed by atoms with Crippen molar-refractivity contribution in [2.75, 3.05) is 0 Å². The first-order valence-corrected chi connectivity index (χ1v) is 4.55. The number of hydrogen-bond donors (Lipinski definition) is 0. The molecule has 0 atom stereocenters. The summed E-state index contributed by atoms with van der Waals surface area (Å²) in [7, 11) is 0. The Morgan fingerprint density at radius 3 is 2.59 bits per heavy atom. The smallest absolute Gasteiger partial charge is 0.414 e. The molecule has 8 heteroatoms. The fourth-order valence-electron chi connectivity index (χ4n) is 1.34. The van der Waals surface area contributed by atoms with E-state index < -0.39 is 38.5 Å². The summed E-state index contributed by atoms with van der Waals surface area (Å²) in [6.45, 7) is 0. The number of rotatable bonds is 1. The van der Waals surface area contributed by atoms with E-state index in [1.807, 2.05) is 0 Å².